The highest BCUT2D eigenvalue weighted by Gasteiger charge is 2.18. The van der Waals surface area contributed by atoms with Crippen LogP contribution < -0.4 is 10.6 Å². The minimum atomic E-state index is -0.486. The Balaban J connectivity index is 1.90. The Morgan fingerprint density at radius 1 is 1.25 bits per heavy atom. The van der Waals surface area contributed by atoms with Crippen LogP contribution in [-0.2, 0) is 9.59 Å². The van der Waals surface area contributed by atoms with Gasteiger partial charge in [-0.3, -0.25) is 14.4 Å². The maximum atomic E-state index is 12.2. The number of benzene rings is 1. The first kappa shape index (κ1) is 21.8. The Hall–Kier alpha value is -2.52. The number of amides is 3. The van der Waals surface area contributed by atoms with E-state index in [0.717, 1.165) is 11.8 Å². The highest BCUT2D eigenvalue weighted by Crippen LogP contribution is 2.24. The summed E-state index contributed by atoms with van der Waals surface area (Å²) in [5.74, 6) is 0.126. The van der Waals surface area contributed by atoms with Crippen LogP contribution in [0.25, 0.3) is 0 Å². The van der Waals surface area contributed by atoms with E-state index in [4.69, 9.17) is 16.1 Å². The lowest BCUT2D eigenvalue weighted by Crippen LogP contribution is -2.25. The summed E-state index contributed by atoms with van der Waals surface area (Å²) in [6.45, 7) is 3.40. The van der Waals surface area contributed by atoms with E-state index in [2.05, 4.69) is 15.8 Å². The number of hydrogen-bond donors (Lipinski definition) is 2. The van der Waals surface area contributed by atoms with Gasteiger partial charge in [0.2, 0.25) is 11.8 Å². The summed E-state index contributed by atoms with van der Waals surface area (Å²) in [6.07, 6.45) is 0. The Labute approximate surface area is 172 Å². The number of carbonyl (C=O) groups excluding carboxylic acids is 3. The second-order valence-corrected chi connectivity index (χ2v) is 7.94. The van der Waals surface area contributed by atoms with Gasteiger partial charge in [-0.15, -0.1) is 11.8 Å². The van der Waals surface area contributed by atoms with Crippen molar-refractivity contribution in [2.24, 2.45) is 0 Å². The predicted octanol–water partition coefficient (Wildman–Crippen LogP) is 3.04. The minimum Gasteiger partial charge on any atom is -0.360 e. The van der Waals surface area contributed by atoms with Crippen LogP contribution in [0.5, 0.6) is 0 Å². The van der Waals surface area contributed by atoms with Crippen molar-refractivity contribution in [3.05, 3.63) is 40.6 Å². The van der Waals surface area contributed by atoms with E-state index in [1.54, 1.807) is 46.1 Å². The zero-order valence-electron chi connectivity index (χ0n) is 15.9. The fourth-order valence-electron chi connectivity index (χ4n) is 2.13. The van der Waals surface area contributed by atoms with E-state index in [9.17, 15) is 14.4 Å². The van der Waals surface area contributed by atoms with Gasteiger partial charge in [0, 0.05) is 25.7 Å². The highest BCUT2D eigenvalue weighted by atomic mass is 35.5. The molecule has 1 atom stereocenters. The molecule has 0 fully saturated rings. The van der Waals surface area contributed by atoms with Crippen molar-refractivity contribution in [2.75, 3.05) is 30.5 Å². The van der Waals surface area contributed by atoms with Gasteiger partial charge in [0.15, 0.2) is 5.82 Å². The number of aryl methyl sites for hydroxylation is 1. The SMILES string of the molecule is Cc1cc(NC(=O)C(C)SCC(=O)Nc2cc(C(=O)N(C)C)ccc2Cl)no1. The van der Waals surface area contributed by atoms with Gasteiger partial charge >= 0.3 is 0 Å². The van der Waals surface area contributed by atoms with Crippen LogP contribution in [0.4, 0.5) is 11.5 Å². The third-order valence-corrected chi connectivity index (χ3v) is 5.08. The summed E-state index contributed by atoms with van der Waals surface area (Å²) in [7, 11) is 3.28. The number of thioether (sulfide) groups is 1. The fraction of sp³-hybridized carbons (Fsp3) is 0.333. The Kier molecular flexibility index (Phi) is 7.47. The van der Waals surface area contributed by atoms with E-state index in [1.165, 1.54) is 11.0 Å². The first-order chi connectivity index (χ1) is 13.2. The van der Waals surface area contributed by atoms with Crippen LogP contribution in [-0.4, -0.2) is 52.9 Å². The molecule has 3 amide bonds. The quantitative estimate of drug-likeness (QED) is 0.707. The van der Waals surface area contributed by atoms with Crippen LogP contribution in [0, 0.1) is 6.92 Å². The minimum absolute atomic E-state index is 0.0363. The molecule has 0 saturated carbocycles. The van der Waals surface area contributed by atoms with Gasteiger partial charge in [-0.05, 0) is 32.0 Å². The van der Waals surface area contributed by atoms with Gasteiger partial charge in [-0.1, -0.05) is 16.8 Å². The molecule has 2 N–H and O–H groups in total. The summed E-state index contributed by atoms with van der Waals surface area (Å²) in [6, 6.07) is 6.27. The average molecular weight is 425 g/mol. The molecule has 1 heterocycles. The molecule has 0 spiro atoms. The molecule has 10 heteroatoms. The summed E-state index contributed by atoms with van der Waals surface area (Å²) >= 11 is 7.26. The second kappa shape index (κ2) is 9.61. The molecule has 0 aliphatic carbocycles. The topological polar surface area (TPSA) is 105 Å². The first-order valence-corrected chi connectivity index (χ1v) is 9.77. The Morgan fingerprint density at radius 3 is 2.57 bits per heavy atom. The lowest BCUT2D eigenvalue weighted by molar-refractivity contribution is -0.115. The zero-order valence-corrected chi connectivity index (χ0v) is 17.5. The van der Waals surface area contributed by atoms with Crippen molar-refractivity contribution in [1.82, 2.24) is 10.1 Å². The summed E-state index contributed by atoms with van der Waals surface area (Å²) in [5.41, 5.74) is 0.753. The van der Waals surface area contributed by atoms with Crippen LogP contribution >= 0.6 is 23.4 Å². The van der Waals surface area contributed by atoms with Crippen molar-refractivity contribution in [3.8, 4) is 0 Å². The molecular formula is C18H21ClN4O4S. The van der Waals surface area contributed by atoms with Crippen molar-refractivity contribution in [3.63, 3.8) is 0 Å². The number of aromatic nitrogens is 1. The molecule has 0 radical (unpaired) electrons. The average Bonchev–Trinajstić information content (AvgIpc) is 3.05. The van der Waals surface area contributed by atoms with Crippen LogP contribution in [0.3, 0.4) is 0 Å². The fourth-order valence-corrected chi connectivity index (χ4v) is 2.98. The largest absolute Gasteiger partial charge is 0.360 e. The molecule has 0 aliphatic rings. The maximum Gasteiger partial charge on any atom is 0.253 e. The molecule has 1 aromatic heterocycles. The van der Waals surface area contributed by atoms with E-state index in [-0.39, 0.29) is 23.5 Å². The van der Waals surface area contributed by atoms with Crippen molar-refractivity contribution in [1.29, 1.82) is 0 Å². The Morgan fingerprint density at radius 2 is 1.96 bits per heavy atom. The molecule has 0 saturated heterocycles. The lowest BCUT2D eigenvalue weighted by Gasteiger charge is -2.13. The number of rotatable bonds is 7. The van der Waals surface area contributed by atoms with Gasteiger partial charge in [0.05, 0.1) is 21.7 Å². The Bertz CT molecular complexity index is 884. The van der Waals surface area contributed by atoms with Gasteiger partial charge in [0.25, 0.3) is 5.91 Å². The molecular weight excluding hydrogens is 404 g/mol. The molecule has 8 nitrogen and oxygen atoms in total. The third kappa shape index (κ3) is 6.00. The number of carbonyl (C=O) groups is 3. The molecule has 28 heavy (non-hydrogen) atoms. The molecule has 0 bridgehead atoms. The molecule has 2 aromatic rings. The normalized spacial score (nSPS) is 11.6. The number of halogens is 1. The first-order valence-electron chi connectivity index (χ1n) is 8.34. The van der Waals surface area contributed by atoms with Gasteiger partial charge in [-0.2, -0.15) is 0 Å². The predicted molar refractivity (Wildman–Crippen MR) is 110 cm³/mol. The molecule has 1 unspecified atom stereocenters. The molecule has 0 aliphatic heterocycles. The summed E-state index contributed by atoms with van der Waals surface area (Å²) in [5, 5.41) is 8.81. The zero-order chi connectivity index (χ0) is 20.8. The number of nitrogens with zero attached hydrogens (tertiary/aromatic N) is 2. The molecule has 1 aromatic carbocycles. The van der Waals surface area contributed by atoms with Gasteiger partial charge < -0.3 is 20.1 Å². The standard InChI is InChI=1S/C18H21ClN4O4S/c1-10-7-15(22-27-10)21-17(25)11(2)28-9-16(24)20-14-8-12(5-6-13(14)19)18(26)23(3)4/h5-8,11H,9H2,1-4H3,(H,20,24)(H,21,22,25). The summed E-state index contributed by atoms with van der Waals surface area (Å²) < 4.78 is 4.89. The molecule has 150 valence electrons. The van der Waals surface area contributed by atoms with Crippen LogP contribution in [0.2, 0.25) is 5.02 Å². The molecule has 2 rings (SSSR count). The smallest absolute Gasteiger partial charge is 0.253 e. The maximum absolute atomic E-state index is 12.2. The van der Waals surface area contributed by atoms with Crippen molar-refractivity contribution in [2.45, 2.75) is 19.1 Å². The van der Waals surface area contributed by atoms with Gasteiger partial charge in [-0.25, -0.2) is 0 Å². The van der Waals surface area contributed by atoms with E-state index in [1.807, 2.05) is 0 Å². The highest BCUT2D eigenvalue weighted by molar-refractivity contribution is 8.01. The second-order valence-electron chi connectivity index (χ2n) is 6.21. The number of anilines is 2. The van der Waals surface area contributed by atoms with Gasteiger partial charge in [0.1, 0.15) is 5.76 Å². The van der Waals surface area contributed by atoms with Crippen LogP contribution in [0.1, 0.15) is 23.0 Å². The third-order valence-electron chi connectivity index (χ3n) is 3.61. The van der Waals surface area contributed by atoms with Crippen LogP contribution in [0.15, 0.2) is 28.8 Å². The van der Waals surface area contributed by atoms with Crippen molar-refractivity contribution >= 4 is 52.6 Å². The monoisotopic (exact) mass is 424 g/mol. The summed E-state index contributed by atoms with van der Waals surface area (Å²) in [4.78, 5) is 37.8. The number of nitrogens with one attached hydrogen (secondary N) is 2. The van der Waals surface area contributed by atoms with Crippen molar-refractivity contribution < 1.29 is 18.9 Å². The van der Waals surface area contributed by atoms with E-state index in [0.29, 0.717) is 27.9 Å². The van der Waals surface area contributed by atoms with E-state index < -0.39 is 5.25 Å². The van der Waals surface area contributed by atoms with E-state index >= 15 is 0 Å². The lowest BCUT2D eigenvalue weighted by atomic mass is 10.2. The number of hydrogen-bond acceptors (Lipinski definition) is 6.